The van der Waals surface area contributed by atoms with Gasteiger partial charge in [0.2, 0.25) is 0 Å². The van der Waals surface area contributed by atoms with Gasteiger partial charge >= 0.3 is 0 Å². The summed E-state index contributed by atoms with van der Waals surface area (Å²) in [5, 5.41) is 9.89. The van der Waals surface area contributed by atoms with Gasteiger partial charge in [-0.3, -0.25) is 4.79 Å². The molecule has 0 radical (unpaired) electrons. The van der Waals surface area contributed by atoms with Crippen LogP contribution < -0.4 is 5.73 Å². The van der Waals surface area contributed by atoms with E-state index in [4.69, 9.17) is 5.73 Å². The highest BCUT2D eigenvalue weighted by Crippen LogP contribution is 2.38. The molecule has 1 saturated heterocycles. The second kappa shape index (κ2) is 4.80. The molecule has 3 unspecified atom stereocenters. The Morgan fingerprint density at radius 1 is 1.37 bits per heavy atom. The summed E-state index contributed by atoms with van der Waals surface area (Å²) in [5.41, 5.74) is 6.96. The summed E-state index contributed by atoms with van der Waals surface area (Å²) in [4.78, 5) is 14.3. The Bertz CT molecular complexity index is 520. The first kappa shape index (κ1) is 12.9. The predicted molar refractivity (Wildman–Crippen MR) is 76.7 cm³/mol. The standard InChI is InChI=1S/C14H17BrN2O2/c15-9-2-3-10(12(16)5-9)14(19)17-6-8-1-4-13(18)11(8)7-17/h2-3,5,8,11,13,18H,1,4,6-7,16H2. The molecule has 1 aliphatic carbocycles. The van der Waals surface area contributed by atoms with Crippen LogP contribution in [0.5, 0.6) is 0 Å². The molecule has 0 spiro atoms. The molecule has 4 nitrogen and oxygen atoms in total. The molecule has 0 aromatic heterocycles. The summed E-state index contributed by atoms with van der Waals surface area (Å²) in [7, 11) is 0. The van der Waals surface area contributed by atoms with E-state index in [0.717, 1.165) is 23.9 Å². The molecule has 1 saturated carbocycles. The van der Waals surface area contributed by atoms with Crippen molar-refractivity contribution in [2.75, 3.05) is 18.8 Å². The number of rotatable bonds is 1. The van der Waals surface area contributed by atoms with Crippen LogP contribution in [0.25, 0.3) is 0 Å². The van der Waals surface area contributed by atoms with E-state index in [9.17, 15) is 9.90 Å². The lowest BCUT2D eigenvalue weighted by molar-refractivity contribution is 0.0753. The van der Waals surface area contributed by atoms with E-state index >= 15 is 0 Å². The maximum Gasteiger partial charge on any atom is 0.255 e. The number of nitrogens with two attached hydrogens (primary N) is 1. The number of likely N-dealkylation sites (tertiary alicyclic amines) is 1. The van der Waals surface area contributed by atoms with Crippen molar-refractivity contribution >= 4 is 27.5 Å². The normalized spacial score (nSPS) is 29.6. The minimum atomic E-state index is -0.245. The number of carbonyl (C=O) groups is 1. The first-order chi connectivity index (χ1) is 9.06. The van der Waals surface area contributed by atoms with Gasteiger partial charge in [-0.15, -0.1) is 0 Å². The summed E-state index contributed by atoms with van der Waals surface area (Å²) >= 11 is 3.34. The van der Waals surface area contributed by atoms with Crippen LogP contribution in [0.2, 0.25) is 0 Å². The lowest BCUT2D eigenvalue weighted by Crippen LogP contribution is -2.31. The Kier molecular flexibility index (Phi) is 3.27. The van der Waals surface area contributed by atoms with Gasteiger partial charge in [-0.05, 0) is 37.0 Å². The smallest absolute Gasteiger partial charge is 0.255 e. The van der Waals surface area contributed by atoms with Gasteiger partial charge in [0.25, 0.3) is 5.91 Å². The molecule has 19 heavy (non-hydrogen) atoms. The number of amides is 1. The van der Waals surface area contributed by atoms with Gasteiger partial charge in [0.1, 0.15) is 0 Å². The molecule has 1 aromatic carbocycles. The number of hydrogen-bond donors (Lipinski definition) is 2. The Morgan fingerprint density at radius 2 is 2.16 bits per heavy atom. The highest BCUT2D eigenvalue weighted by Gasteiger charge is 2.43. The van der Waals surface area contributed by atoms with Gasteiger partial charge < -0.3 is 15.7 Å². The maximum atomic E-state index is 12.5. The quantitative estimate of drug-likeness (QED) is 0.775. The summed E-state index contributed by atoms with van der Waals surface area (Å²) < 4.78 is 0.871. The van der Waals surface area contributed by atoms with E-state index in [-0.39, 0.29) is 17.9 Å². The largest absolute Gasteiger partial charge is 0.398 e. The van der Waals surface area contributed by atoms with Crippen molar-refractivity contribution in [1.29, 1.82) is 0 Å². The predicted octanol–water partition coefficient (Wildman–Crippen LogP) is 1.87. The first-order valence-corrected chi connectivity index (χ1v) is 7.38. The van der Waals surface area contributed by atoms with Crippen LogP contribution in [-0.2, 0) is 0 Å². The van der Waals surface area contributed by atoms with Gasteiger partial charge in [0, 0.05) is 29.2 Å². The van der Waals surface area contributed by atoms with Crippen molar-refractivity contribution in [2.24, 2.45) is 11.8 Å². The lowest BCUT2D eigenvalue weighted by atomic mass is 10.00. The molecule has 3 atom stereocenters. The van der Waals surface area contributed by atoms with Crippen molar-refractivity contribution < 1.29 is 9.90 Å². The molecule has 1 aromatic rings. The molecular weight excluding hydrogens is 308 g/mol. The molecule has 5 heteroatoms. The molecule has 1 amide bonds. The monoisotopic (exact) mass is 324 g/mol. The summed E-state index contributed by atoms with van der Waals surface area (Å²) in [6.07, 6.45) is 1.65. The second-order valence-corrected chi connectivity index (χ2v) is 6.43. The number of aliphatic hydroxyl groups is 1. The number of nitrogen functional groups attached to an aromatic ring is 1. The highest BCUT2D eigenvalue weighted by atomic mass is 79.9. The topological polar surface area (TPSA) is 66.6 Å². The lowest BCUT2D eigenvalue weighted by Gasteiger charge is -2.19. The molecule has 0 bridgehead atoms. The average molecular weight is 325 g/mol. The Balaban J connectivity index is 1.78. The fraction of sp³-hybridized carbons (Fsp3) is 0.500. The van der Waals surface area contributed by atoms with Gasteiger partial charge in [-0.25, -0.2) is 0 Å². The van der Waals surface area contributed by atoms with E-state index in [2.05, 4.69) is 15.9 Å². The number of aliphatic hydroxyl groups excluding tert-OH is 1. The van der Waals surface area contributed by atoms with Gasteiger partial charge in [-0.1, -0.05) is 15.9 Å². The maximum absolute atomic E-state index is 12.5. The van der Waals surface area contributed by atoms with Crippen LogP contribution in [0.15, 0.2) is 22.7 Å². The van der Waals surface area contributed by atoms with Crippen LogP contribution in [0.1, 0.15) is 23.2 Å². The molecule has 3 N–H and O–H groups in total. The van der Waals surface area contributed by atoms with E-state index in [1.165, 1.54) is 0 Å². The van der Waals surface area contributed by atoms with Gasteiger partial charge in [0.05, 0.1) is 11.7 Å². The minimum Gasteiger partial charge on any atom is -0.398 e. The second-order valence-electron chi connectivity index (χ2n) is 5.51. The van der Waals surface area contributed by atoms with Gasteiger partial charge in [-0.2, -0.15) is 0 Å². The third-order valence-electron chi connectivity index (χ3n) is 4.35. The van der Waals surface area contributed by atoms with Crippen LogP contribution in [0, 0.1) is 11.8 Å². The number of halogens is 1. The molecule has 2 aliphatic rings. The molecule has 3 rings (SSSR count). The highest BCUT2D eigenvalue weighted by molar-refractivity contribution is 9.10. The van der Waals surface area contributed by atoms with Crippen LogP contribution in [-0.4, -0.2) is 35.1 Å². The fourth-order valence-corrected chi connectivity index (χ4v) is 3.68. The third-order valence-corrected chi connectivity index (χ3v) is 4.84. The average Bonchev–Trinajstić information content (AvgIpc) is 2.91. The van der Waals surface area contributed by atoms with E-state index in [1.54, 1.807) is 12.1 Å². The molecule has 1 heterocycles. The fourth-order valence-electron chi connectivity index (χ4n) is 3.30. The van der Waals surface area contributed by atoms with Crippen molar-refractivity contribution in [1.82, 2.24) is 4.90 Å². The summed E-state index contributed by atoms with van der Waals surface area (Å²) in [6, 6.07) is 5.33. The van der Waals surface area contributed by atoms with Crippen LogP contribution in [0.4, 0.5) is 5.69 Å². The van der Waals surface area contributed by atoms with Crippen molar-refractivity contribution in [3.8, 4) is 0 Å². The number of carbonyl (C=O) groups excluding carboxylic acids is 1. The number of anilines is 1. The van der Waals surface area contributed by atoms with E-state index in [1.807, 2.05) is 11.0 Å². The SMILES string of the molecule is Nc1cc(Br)ccc1C(=O)N1CC2CCC(O)C2C1. The Hall–Kier alpha value is -1.07. The summed E-state index contributed by atoms with van der Waals surface area (Å²) in [5.74, 6) is 0.683. The van der Waals surface area contributed by atoms with E-state index in [0.29, 0.717) is 23.7 Å². The third kappa shape index (κ3) is 2.25. The molecule has 2 fully saturated rings. The zero-order valence-electron chi connectivity index (χ0n) is 10.6. The number of nitrogens with zero attached hydrogens (tertiary/aromatic N) is 1. The zero-order chi connectivity index (χ0) is 13.6. The number of hydrogen-bond acceptors (Lipinski definition) is 3. The molecular formula is C14H17BrN2O2. The van der Waals surface area contributed by atoms with Crippen LogP contribution >= 0.6 is 15.9 Å². The van der Waals surface area contributed by atoms with Gasteiger partial charge in [0.15, 0.2) is 0 Å². The minimum absolute atomic E-state index is 0.0217. The number of benzene rings is 1. The van der Waals surface area contributed by atoms with Crippen molar-refractivity contribution in [2.45, 2.75) is 18.9 Å². The van der Waals surface area contributed by atoms with E-state index < -0.39 is 0 Å². The molecule has 102 valence electrons. The Labute approximate surface area is 120 Å². The van der Waals surface area contributed by atoms with Crippen molar-refractivity contribution in [3.63, 3.8) is 0 Å². The van der Waals surface area contributed by atoms with Crippen molar-refractivity contribution in [3.05, 3.63) is 28.2 Å². The zero-order valence-corrected chi connectivity index (χ0v) is 12.1. The molecule has 1 aliphatic heterocycles. The Morgan fingerprint density at radius 3 is 2.84 bits per heavy atom. The first-order valence-electron chi connectivity index (χ1n) is 6.58. The summed E-state index contributed by atoms with van der Waals surface area (Å²) in [6.45, 7) is 1.40. The number of fused-ring (bicyclic) bond motifs is 1. The van der Waals surface area contributed by atoms with Crippen LogP contribution in [0.3, 0.4) is 0 Å².